The second-order valence-electron chi connectivity index (χ2n) is 6.65. The Morgan fingerprint density at radius 1 is 1.25 bits per heavy atom. The van der Waals surface area contributed by atoms with Gasteiger partial charge in [-0.05, 0) is 42.7 Å². The van der Waals surface area contributed by atoms with Crippen LogP contribution in [0.1, 0.15) is 24.8 Å². The van der Waals surface area contributed by atoms with Crippen molar-refractivity contribution in [1.29, 1.82) is 0 Å². The van der Waals surface area contributed by atoms with Crippen LogP contribution in [-0.4, -0.2) is 22.9 Å². The Hall–Kier alpha value is -2.82. The predicted molar refractivity (Wildman–Crippen MR) is 94.9 cm³/mol. The van der Waals surface area contributed by atoms with E-state index >= 15 is 0 Å². The van der Waals surface area contributed by atoms with Crippen LogP contribution in [0.4, 0.5) is 5.69 Å². The SMILES string of the molecule is COc1cc2c(cc1-c1cc3ccncc3[nH]1)N=C(N)C21CCC1. The number of nitrogens with zero attached hydrogens (tertiary/aromatic N) is 2. The molecule has 120 valence electrons. The van der Waals surface area contributed by atoms with Gasteiger partial charge in [-0.15, -0.1) is 0 Å². The lowest BCUT2D eigenvalue weighted by atomic mass is 9.64. The molecule has 1 fully saturated rings. The van der Waals surface area contributed by atoms with Gasteiger partial charge in [-0.1, -0.05) is 6.42 Å². The van der Waals surface area contributed by atoms with Gasteiger partial charge in [0.15, 0.2) is 0 Å². The molecule has 24 heavy (non-hydrogen) atoms. The molecule has 0 radical (unpaired) electrons. The van der Waals surface area contributed by atoms with E-state index in [1.807, 2.05) is 12.3 Å². The molecule has 3 heterocycles. The molecule has 0 amide bonds. The third-order valence-electron chi connectivity index (χ3n) is 5.49. The summed E-state index contributed by atoms with van der Waals surface area (Å²) >= 11 is 0. The third kappa shape index (κ3) is 1.64. The predicted octanol–water partition coefficient (Wildman–Crippen LogP) is 3.66. The quantitative estimate of drug-likeness (QED) is 0.757. The summed E-state index contributed by atoms with van der Waals surface area (Å²) in [6.45, 7) is 0. The molecular weight excluding hydrogens is 300 g/mol. The number of amidine groups is 1. The number of benzene rings is 1. The molecule has 1 saturated carbocycles. The zero-order valence-corrected chi connectivity index (χ0v) is 13.5. The van der Waals surface area contributed by atoms with Crippen LogP contribution in [-0.2, 0) is 5.41 Å². The van der Waals surface area contributed by atoms with Gasteiger partial charge < -0.3 is 15.5 Å². The molecule has 0 atom stereocenters. The number of nitrogens with one attached hydrogen (secondary N) is 1. The summed E-state index contributed by atoms with van der Waals surface area (Å²) in [6.07, 6.45) is 6.99. The molecule has 2 aliphatic rings. The second-order valence-corrected chi connectivity index (χ2v) is 6.65. The monoisotopic (exact) mass is 318 g/mol. The molecular formula is C19H18N4O. The average Bonchev–Trinajstić information content (AvgIpc) is 3.10. The van der Waals surface area contributed by atoms with Gasteiger partial charge in [-0.25, -0.2) is 4.99 Å². The Bertz CT molecular complexity index is 965. The highest BCUT2D eigenvalue weighted by Gasteiger charge is 2.47. The number of aromatic nitrogens is 2. The standard InChI is InChI=1S/C19H18N4O/c1-24-17-9-13-15(23-18(20)19(13)4-2-5-19)8-12(17)14-7-11-3-6-21-10-16(11)22-14/h3,6-10,22H,2,4-5H2,1H3,(H2,20,23). The van der Waals surface area contributed by atoms with Crippen LogP contribution in [0.2, 0.25) is 0 Å². The number of aromatic amines is 1. The molecule has 0 saturated heterocycles. The maximum atomic E-state index is 6.26. The lowest BCUT2D eigenvalue weighted by Crippen LogP contribution is -2.44. The maximum absolute atomic E-state index is 6.26. The van der Waals surface area contributed by atoms with Crippen molar-refractivity contribution < 1.29 is 4.74 Å². The van der Waals surface area contributed by atoms with Crippen LogP contribution >= 0.6 is 0 Å². The molecule has 3 N–H and O–H groups in total. The van der Waals surface area contributed by atoms with E-state index in [1.165, 1.54) is 12.0 Å². The Labute approximate surface area is 139 Å². The normalized spacial score (nSPS) is 17.6. The van der Waals surface area contributed by atoms with Gasteiger partial charge in [0, 0.05) is 17.1 Å². The number of H-pyrrole nitrogens is 1. The van der Waals surface area contributed by atoms with Crippen molar-refractivity contribution in [3.8, 4) is 17.0 Å². The fourth-order valence-electron chi connectivity index (χ4n) is 3.97. The Morgan fingerprint density at radius 2 is 2.12 bits per heavy atom. The number of rotatable bonds is 2. The van der Waals surface area contributed by atoms with E-state index in [1.54, 1.807) is 13.3 Å². The van der Waals surface area contributed by atoms with Crippen molar-refractivity contribution in [3.63, 3.8) is 0 Å². The molecule has 3 aromatic rings. The first kappa shape index (κ1) is 13.6. The van der Waals surface area contributed by atoms with Gasteiger partial charge in [-0.2, -0.15) is 0 Å². The van der Waals surface area contributed by atoms with Gasteiger partial charge in [-0.3, -0.25) is 4.98 Å². The summed E-state index contributed by atoms with van der Waals surface area (Å²) in [7, 11) is 1.71. The van der Waals surface area contributed by atoms with Crippen molar-refractivity contribution in [1.82, 2.24) is 9.97 Å². The highest BCUT2D eigenvalue weighted by Crippen LogP contribution is 2.53. The number of hydrogen-bond donors (Lipinski definition) is 2. The molecule has 5 nitrogen and oxygen atoms in total. The van der Waals surface area contributed by atoms with Gasteiger partial charge in [0.1, 0.15) is 11.6 Å². The number of nitrogens with two attached hydrogens (primary N) is 1. The lowest BCUT2D eigenvalue weighted by molar-refractivity contribution is 0.342. The van der Waals surface area contributed by atoms with E-state index in [2.05, 4.69) is 33.2 Å². The maximum Gasteiger partial charge on any atom is 0.128 e. The summed E-state index contributed by atoms with van der Waals surface area (Å²) in [4.78, 5) is 12.2. The molecule has 1 aromatic carbocycles. The van der Waals surface area contributed by atoms with E-state index in [9.17, 15) is 0 Å². The topological polar surface area (TPSA) is 76.3 Å². The molecule has 5 heteroatoms. The fraction of sp³-hybridized carbons (Fsp3) is 0.263. The van der Waals surface area contributed by atoms with Crippen molar-refractivity contribution in [2.45, 2.75) is 24.7 Å². The van der Waals surface area contributed by atoms with Crippen LogP contribution in [0.5, 0.6) is 5.75 Å². The number of methoxy groups -OCH3 is 1. The van der Waals surface area contributed by atoms with Crippen molar-refractivity contribution in [2.75, 3.05) is 7.11 Å². The van der Waals surface area contributed by atoms with Gasteiger partial charge in [0.2, 0.25) is 0 Å². The molecule has 1 spiro atoms. The zero-order chi connectivity index (χ0) is 16.3. The second kappa shape index (κ2) is 4.60. The molecule has 5 rings (SSSR count). The first-order valence-corrected chi connectivity index (χ1v) is 8.21. The Kier molecular flexibility index (Phi) is 2.61. The van der Waals surface area contributed by atoms with E-state index < -0.39 is 0 Å². The molecule has 1 aliphatic heterocycles. The summed E-state index contributed by atoms with van der Waals surface area (Å²) in [5.41, 5.74) is 11.4. The van der Waals surface area contributed by atoms with Crippen LogP contribution in [0.3, 0.4) is 0 Å². The number of aliphatic imine (C=N–C) groups is 1. The summed E-state index contributed by atoms with van der Waals surface area (Å²) in [5.74, 6) is 1.60. The smallest absolute Gasteiger partial charge is 0.128 e. The lowest BCUT2D eigenvalue weighted by Gasteiger charge is -2.39. The Morgan fingerprint density at radius 3 is 2.83 bits per heavy atom. The minimum atomic E-state index is -0.0501. The molecule has 1 aliphatic carbocycles. The van der Waals surface area contributed by atoms with Crippen molar-refractivity contribution >= 4 is 22.4 Å². The first-order chi connectivity index (χ1) is 11.7. The number of ether oxygens (including phenoxy) is 1. The largest absolute Gasteiger partial charge is 0.496 e. The number of hydrogen-bond acceptors (Lipinski definition) is 4. The fourth-order valence-corrected chi connectivity index (χ4v) is 3.97. The summed E-state index contributed by atoms with van der Waals surface area (Å²) in [5, 5.41) is 1.13. The van der Waals surface area contributed by atoms with E-state index in [4.69, 9.17) is 10.5 Å². The molecule has 0 unspecified atom stereocenters. The van der Waals surface area contributed by atoms with Crippen LogP contribution in [0, 0.1) is 0 Å². The van der Waals surface area contributed by atoms with Crippen LogP contribution in [0.15, 0.2) is 41.7 Å². The molecule has 2 aromatic heterocycles. The average molecular weight is 318 g/mol. The highest BCUT2D eigenvalue weighted by atomic mass is 16.5. The van der Waals surface area contributed by atoms with Crippen molar-refractivity contribution in [3.05, 3.63) is 42.2 Å². The summed E-state index contributed by atoms with van der Waals surface area (Å²) in [6, 6.07) is 8.32. The zero-order valence-electron chi connectivity index (χ0n) is 13.5. The highest BCUT2D eigenvalue weighted by molar-refractivity contribution is 6.01. The van der Waals surface area contributed by atoms with Crippen molar-refractivity contribution in [2.24, 2.45) is 10.7 Å². The minimum Gasteiger partial charge on any atom is -0.496 e. The molecule has 0 bridgehead atoms. The van der Waals surface area contributed by atoms with Gasteiger partial charge in [0.05, 0.1) is 35.6 Å². The van der Waals surface area contributed by atoms with E-state index in [0.717, 1.165) is 52.3 Å². The van der Waals surface area contributed by atoms with Gasteiger partial charge >= 0.3 is 0 Å². The Balaban J connectivity index is 1.71. The summed E-state index contributed by atoms with van der Waals surface area (Å²) < 4.78 is 5.69. The van der Waals surface area contributed by atoms with Crippen LogP contribution in [0.25, 0.3) is 22.2 Å². The number of fused-ring (bicyclic) bond motifs is 3. The van der Waals surface area contributed by atoms with E-state index in [-0.39, 0.29) is 5.41 Å². The van der Waals surface area contributed by atoms with E-state index in [0.29, 0.717) is 0 Å². The first-order valence-electron chi connectivity index (χ1n) is 8.21. The number of pyridine rings is 1. The van der Waals surface area contributed by atoms with Crippen LogP contribution < -0.4 is 10.5 Å². The van der Waals surface area contributed by atoms with Gasteiger partial charge in [0.25, 0.3) is 0 Å². The third-order valence-corrected chi connectivity index (χ3v) is 5.49. The minimum absolute atomic E-state index is 0.0501.